The number of para-hydroxylation sites is 3. The maximum atomic E-state index is 13.3. The first-order valence-corrected chi connectivity index (χ1v) is 11.1. The SMILES string of the molecule is O=C(Nc1ccc(CCc2nc3ccccc3n2-c2ccccc2)cc1)Nc1cccc(F)c1. The number of hydrogen-bond acceptors (Lipinski definition) is 2. The second-order valence-electron chi connectivity index (χ2n) is 7.97. The van der Waals surface area contributed by atoms with Crippen LogP contribution in [0.5, 0.6) is 0 Å². The highest BCUT2D eigenvalue weighted by molar-refractivity contribution is 5.99. The number of nitrogens with zero attached hydrogens (tertiary/aromatic N) is 2. The second-order valence-corrected chi connectivity index (χ2v) is 7.97. The van der Waals surface area contributed by atoms with E-state index in [0.717, 1.165) is 41.0 Å². The van der Waals surface area contributed by atoms with Crippen LogP contribution in [-0.4, -0.2) is 15.6 Å². The maximum absolute atomic E-state index is 13.3. The third kappa shape index (κ3) is 4.81. The number of carbonyl (C=O) groups is 1. The normalized spacial score (nSPS) is 10.9. The lowest BCUT2D eigenvalue weighted by Crippen LogP contribution is -2.19. The smallest absolute Gasteiger partial charge is 0.308 e. The number of urea groups is 1. The third-order valence-corrected chi connectivity index (χ3v) is 5.58. The highest BCUT2D eigenvalue weighted by atomic mass is 19.1. The quantitative estimate of drug-likeness (QED) is 0.306. The fourth-order valence-electron chi connectivity index (χ4n) is 3.98. The van der Waals surface area contributed by atoms with E-state index in [4.69, 9.17) is 4.98 Å². The molecule has 0 aliphatic heterocycles. The molecule has 0 fully saturated rings. The minimum absolute atomic E-state index is 0.399. The van der Waals surface area contributed by atoms with Crippen molar-refractivity contribution in [3.8, 4) is 5.69 Å². The van der Waals surface area contributed by atoms with Crippen LogP contribution >= 0.6 is 0 Å². The van der Waals surface area contributed by atoms with Gasteiger partial charge in [0.1, 0.15) is 11.6 Å². The summed E-state index contributed by atoms with van der Waals surface area (Å²) in [6.07, 6.45) is 1.59. The molecule has 0 spiro atoms. The van der Waals surface area contributed by atoms with Gasteiger partial charge in [-0.05, 0) is 66.6 Å². The molecule has 5 nitrogen and oxygen atoms in total. The van der Waals surface area contributed by atoms with Crippen molar-refractivity contribution in [2.75, 3.05) is 10.6 Å². The number of carbonyl (C=O) groups excluding carboxylic acids is 1. The van der Waals surface area contributed by atoms with E-state index >= 15 is 0 Å². The fraction of sp³-hybridized carbons (Fsp3) is 0.0714. The number of hydrogen-bond donors (Lipinski definition) is 2. The summed E-state index contributed by atoms with van der Waals surface area (Å²) >= 11 is 0. The van der Waals surface area contributed by atoms with Crippen LogP contribution in [0, 0.1) is 5.82 Å². The van der Waals surface area contributed by atoms with Gasteiger partial charge in [0.25, 0.3) is 0 Å². The monoisotopic (exact) mass is 450 g/mol. The van der Waals surface area contributed by atoms with Gasteiger partial charge in [0.15, 0.2) is 0 Å². The lowest BCUT2D eigenvalue weighted by molar-refractivity contribution is 0.262. The Labute approximate surface area is 196 Å². The maximum Gasteiger partial charge on any atom is 0.323 e. The van der Waals surface area contributed by atoms with Crippen LogP contribution in [0.15, 0.2) is 103 Å². The molecule has 0 unspecified atom stereocenters. The van der Waals surface area contributed by atoms with Crippen molar-refractivity contribution in [1.29, 1.82) is 0 Å². The van der Waals surface area contributed by atoms with Gasteiger partial charge in [-0.25, -0.2) is 14.2 Å². The number of rotatable bonds is 6. The van der Waals surface area contributed by atoms with E-state index in [1.165, 1.54) is 12.1 Å². The first-order chi connectivity index (χ1) is 16.7. The summed E-state index contributed by atoms with van der Waals surface area (Å²) in [6.45, 7) is 0. The summed E-state index contributed by atoms with van der Waals surface area (Å²) in [7, 11) is 0. The average molecular weight is 451 g/mol. The molecule has 6 heteroatoms. The molecule has 0 radical (unpaired) electrons. The Balaban J connectivity index is 1.27. The van der Waals surface area contributed by atoms with E-state index in [-0.39, 0.29) is 0 Å². The predicted octanol–water partition coefficient (Wildman–Crippen LogP) is 6.59. The second kappa shape index (κ2) is 9.58. The van der Waals surface area contributed by atoms with E-state index in [9.17, 15) is 9.18 Å². The summed E-state index contributed by atoms with van der Waals surface area (Å²) in [5.41, 5.74) is 5.36. The van der Waals surface area contributed by atoms with Crippen LogP contribution in [0.2, 0.25) is 0 Å². The Morgan fingerprint density at radius 1 is 0.765 bits per heavy atom. The molecule has 1 aromatic heterocycles. The summed E-state index contributed by atoms with van der Waals surface area (Å²) in [4.78, 5) is 17.1. The molecule has 34 heavy (non-hydrogen) atoms. The largest absolute Gasteiger partial charge is 0.323 e. The van der Waals surface area contributed by atoms with Gasteiger partial charge >= 0.3 is 6.03 Å². The molecular weight excluding hydrogens is 427 g/mol. The van der Waals surface area contributed by atoms with Crippen LogP contribution in [-0.2, 0) is 12.8 Å². The highest BCUT2D eigenvalue weighted by Crippen LogP contribution is 2.23. The number of amides is 2. The lowest BCUT2D eigenvalue weighted by Gasteiger charge is -2.10. The number of benzene rings is 4. The highest BCUT2D eigenvalue weighted by Gasteiger charge is 2.12. The summed E-state index contributed by atoms with van der Waals surface area (Å²) in [5.74, 6) is 0.604. The average Bonchev–Trinajstić information content (AvgIpc) is 3.22. The summed E-state index contributed by atoms with van der Waals surface area (Å²) < 4.78 is 15.5. The summed E-state index contributed by atoms with van der Waals surface area (Å²) in [5, 5.41) is 5.40. The van der Waals surface area contributed by atoms with Crippen LogP contribution in [0.4, 0.5) is 20.6 Å². The van der Waals surface area contributed by atoms with Gasteiger partial charge in [-0.3, -0.25) is 4.57 Å². The topological polar surface area (TPSA) is 59.0 Å². The molecule has 0 saturated heterocycles. The first kappa shape index (κ1) is 21.4. The van der Waals surface area contributed by atoms with Crippen molar-refractivity contribution in [2.24, 2.45) is 0 Å². The van der Waals surface area contributed by atoms with Crippen molar-refractivity contribution >= 4 is 28.4 Å². The number of anilines is 2. The van der Waals surface area contributed by atoms with Crippen molar-refractivity contribution < 1.29 is 9.18 Å². The van der Waals surface area contributed by atoms with Crippen molar-refractivity contribution in [3.63, 3.8) is 0 Å². The zero-order valence-electron chi connectivity index (χ0n) is 18.4. The van der Waals surface area contributed by atoms with Gasteiger partial charge in [-0.15, -0.1) is 0 Å². The van der Waals surface area contributed by atoms with Gasteiger partial charge in [0.05, 0.1) is 11.0 Å². The molecule has 0 aliphatic carbocycles. The number of halogens is 1. The van der Waals surface area contributed by atoms with E-state index in [1.807, 2.05) is 60.7 Å². The zero-order valence-corrected chi connectivity index (χ0v) is 18.4. The molecule has 4 aromatic carbocycles. The molecule has 5 aromatic rings. The molecule has 2 amide bonds. The number of aromatic nitrogens is 2. The lowest BCUT2D eigenvalue weighted by atomic mass is 10.1. The van der Waals surface area contributed by atoms with Gasteiger partial charge in [0.2, 0.25) is 0 Å². The Morgan fingerprint density at radius 2 is 1.50 bits per heavy atom. The third-order valence-electron chi connectivity index (χ3n) is 5.58. The Kier molecular flexibility index (Phi) is 6.03. The molecule has 1 heterocycles. The van der Waals surface area contributed by atoms with E-state index in [2.05, 4.69) is 33.4 Å². The first-order valence-electron chi connectivity index (χ1n) is 11.1. The molecule has 0 saturated carbocycles. The Morgan fingerprint density at radius 3 is 2.29 bits per heavy atom. The molecular formula is C28H23FN4O. The Bertz CT molecular complexity index is 1430. The standard InChI is InChI=1S/C28H23FN4O/c29-21-7-6-8-23(19-21)31-28(34)30-22-16-13-20(14-17-22)15-18-27-32-25-11-4-5-12-26(25)33(27)24-9-2-1-3-10-24/h1-14,16-17,19H,15,18H2,(H2,30,31,34). The van der Waals surface area contributed by atoms with E-state index in [0.29, 0.717) is 11.4 Å². The van der Waals surface area contributed by atoms with Crippen LogP contribution in [0.3, 0.4) is 0 Å². The fourth-order valence-corrected chi connectivity index (χ4v) is 3.98. The minimum atomic E-state index is -0.421. The van der Waals surface area contributed by atoms with Crippen LogP contribution in [0.25, 0.3) is 16.7 Å². The van der Waals surface area contributed by atoms with Gasteiger partial charge in [0, 0.05) is 23.5 Å². The van der Waals surface area contributed by atoms with E-state index < -0.39 is 11.8 Å². The molecule has 2 N–H and O–H groups in total. The van der Waals surface area contributed by atoms with Crippen LogP contribution in [0.1, 0.15) is 11.4 Å². The number of nitrogens with one attached hydrogen (secondary N) is 2. The number of fused-ring (bicyclic) bond motifs is 1. The number of aryl methyl sites for hydroxylation is 2. The van der Waals surface area contributed by atoms with Gasteiger partial charge in [-0.2, -0.15) is 0 Å². The Hall–Kier alpha value is -4.45. The molecule has 0 aliphatic rings. The van der Waals surface area contributed by atoms with Crippen molar-refractivity contribution in [2.45, 2.75) is 12.8 Å². The van der Waals surface area contributed by atoms with Crippen LogP contribution < -0.4 is 10.6 Å². The molecule has 168 valence electrons. The molecule has 5 rings (SSSR count). The van der Waals surface area contributed by atoms with Gasteiger partial charge in [-0.1, -0.05) is 48.5 Å². The number of imidazole rings is 1. The van der Waals surface area contributed by atoms with Crippen molar-refractivity contribution in [3.05, 3.63) is 120 Å². The predicted molar refractivity (Wildman–Crippen MR) is 134 cm³/mol. The minimum Gasteiger partial charge on any atom is -0.308 e. The zero-order chi connectivity index (χ0) is 23.3. The van der Waals surface area contributed by atoms with Crippen molar-refractivity contribution in [1.82, 2.24) is 9.55 Å². The van der Waals surface area contributed by atoms with E-state index in [1.54, 1.807) is 12.1 Å². The van der Waals surface area contributed by atoms with Gasteiger partial charge < -0.3 is 10.6 Å². The molecule has 0 bridgehead atoms. The molecule has 0 atom stereocenters. The summed E-state index contributed by atoms with van der Waals surface area (Å²) in [6, 6.07) is 31.5.